The molecule has 174 valence electrons. The van der Waals surface area contributed by atoms with Gasteiger partial charge in [0.05, 0.1) is 6.67 Å². The average Bonchev–Trinajstić information content (AvgIpc) is 2.80. The lowest BCUT2D eigenvalue weighted by Gasteiger charge is -2.41. The number of alkyl halides is 1. The van der Waals surface area contributed by atoms with Crippen LogP contribution in [-0.4, -0.2) is 6.67 Å². The zero-order valence-electron chi connectivity index (χ0n) is 20.1. The SMILES string of the molecule is CCCCCCCC1CCC(C2CCC(C3CCC(/C=C/CCF)CC3)CC2)CC1. The van der Waals surface area contributed by atoms with E-state index in [9.17, 15) is 4.39 Å². The van der Waals surface area contributed by atoms with Crippen LogP contribution in [0.2, 0.25) is 0 Å². The first-order chi connectivity index (χ1) is 14.8. The van der Waals surface area contributed by atoms with Crippen molar-refractivity contribution < 1.29 is 4.39 Å². The highest BCUT2D eigenvalue weighted by Crippen LogP contribution is 2.46. The Hall–Kier alpha value is -0.330. The van der Waals surface area contributed by atoms with Crippen molar-refractivity contribution in [3.8, 4) is 0 Å². The van der Waals surface area contributed by atoms with E-state index in [1.807, 2.05) is 0 Å². The van der Waals surface area contributed by atoms with Gasteiger partial charge in [0.2, 0.25) is 0 Å². The largest absolute Gasteiger partial charge is 0.251 e. The van der Waals surface area contributed by atoms with Gasteiger partial charge in [-0.2, -0.15) is 0 Å². The fourth-order valence-corrected chi connectivity index (χ4v) is 7.23. The van der Waals surface area contributed by atoms with Crippen LogP contribution in [0.15, 0.2) is 12.2 Å². The van der Waals surface area contributed by atoms with Gasteiger partial charge in [-0.05, 0) is 106 Å². The molecular formula is C29H51F. The van der Waals surface area contributed by atoms with Gasteiger partial charge in [0.1, 0.15) is 0 Å². The quantitative estimate of drug-likeness (QED) is 0.231. The third-order valence-corrected chi connectivity index (χ3v) is 9.26. The van der Waals surface area contributed by atoms with E-state index in [1.165, 1.54) is 103 Å². The number of allylic oxidation sites excluding steroid dienone is 2. The smallest absolute Gasteiger partial charge is 0.0928 e. The Morgan fingerprint density at radius 2 is 1.13 bits per heavy atom. The summed E-state index contributed by atoms with van der Waals surface area (Å²) in [7, 11) is 0. The van der Waals surface area contributed by atoms with Crippen LogP contribution in [0.5, 0.6) is 0 Å². The van der Waals surface area contributed by atoms with Gasteiger partial charge in [0.15, 0.2) is 0 Å². The maximum absolute atomic E-state index is 12.3. The van der Waals surface area contributed by atoms with Crippen molar-refractivity contribution in [3.05, 3.63) is 12.2 Å². The number of unbranched alkanes of at least 4 members (excludes halogenated alkanes) is 4. The van der Waals surface area contributed by atoms with Crippen LogP contribution in [0.25, 0.3) is 0 Å². The van der Waals surface area contributed by atoms with Crippen molar-refractivity contribution in [2.24, 2.45) is 35.5 Å². The van der Waals surface area contributed by atoms with Crippen LogP contribution >= 0.6 is 0 Å². The Morgan fingerprint density at radius 1 is 0.633 bits per heavy atom. The van der Waals surface area contributed by atoms with E-state index >= 15 is 0 Å². The number of hydrogen-bond donors (Lipinski definition) is 0. The molecule has 0 aliphatic heterocycles. The van der Waals surface area contributed by atoms with Crippen molar-refractivity contribution in [1.82, 2.24) is 0 Å². The molecule has 0 atom stereocenters. The summed E-state index contributed by atoms with van der Waals surface area (Å²) in [4.78, 5) is 0. The van der Waals surface area contributed by atoms with E-state index < -0.39 is 0 Å². The normalized spacial score (nSPS) is 35.7. The van der Waals surface area contributed by atoms with Gasteiger partial charge in [-0.3, -0.25) is 4.39 Å². The molecule has 30 heavy (non-hydrogen) atoms. The molecule has 0 saturated heterocycles. The molecule has 3 fully saturated rings. The van der Waals surface area contributed by atoms with Gasteiger partial charge >= 0.3 is 0 Å². The molecule has 3 aliphatic rings. The summed E-state index contributed by atoms with van der Waals surface area (Å²) in [6, 6.07) is 0. The van der Waals surface area contributed by atoms with Gasteiger partial charge in [-0.1, -0.05) is 70.4 Å². The number of hydrogen-bond acceptors (Lipinski definition) is 0. The molecule has 0 N–H and O–H groups in total. The van der Waals surface area contributed by atoms with Crippen LogP contribution in [0.4, 0.5) is 4.39 Å². The third-order valence-electron chi connectivity index (χ3n) is 9.26. The van der Waals surface area contributed by atoms with E-state index in [-0.39, 0.29) is 6.67 Å². The number of halogens is 1. The first-order valence-electron chi connectivity index (χ1n) is 14.0. The van der Waals surface area contributed by atoms with E-state index in [2.05, 4.69) is 19.1 Å². The first kappa shape index (κ1) is 24.3. The Bertz CT molecular complexity index is 445. The van der Waals surface area contributed by atoms with Crippen molar-refractivity contribution in [2.45, 2.75) is 129 Å². The molecule has 0 aromatic heterocycles. The minimum Gasteiger partial charge on any atom is -0.251 e. The lowest BCUT2D eigenvalue weighted by Crippen LogP contribution is -2.29. The monoisotopic (exact) mass is 418 g/mol. The molecule has 0 nitrogen and oxygen atoms in total. The summed E-state index contributed by atoms with van der Waals surface area (Å²) < 4.78 is 12.3. The van der Waals surface area contributed by atoms with Crippen LogP contribution in [-0.2, 0) is 0 Å². The summed E-state index contributed by atoms with van der Waals surface area (Å²) in [5.74, 6) is 5.96. The van der Waals surface area contributed by atoms with E-state index in [0.717, 1.165) is 35.5 Å². The summed E-state index contributed by atoms with van der Waals surface area (Å²) in [5.41, 5.74) is 0. The van der Waals surface area contributed by atoms with Crippen molar-refractivity contribution in [1.29, 1.82) is 0 Å². The average molecular weight is 419 g/mol. The van der Waals surface area contributed by atoms with Crippen LogP contribution in [0, 0.1) is 35.5 Å². The summed E-state index contributed by atoms with van der Waals surface area (Å²) in [6.45, 7) is 2.12. The molecule has 0 heterocycles. The van der Waals surface area contributed by atoms with Crippen molar-refractivity contribution in [3.63, 3.8) is 0 Å². The lowest BCUT2D eigenvalue weighted by molar-refractivity contribution is 0.107. The Morgan fingerprint density at radius 3 is 1.67 bits per heavy atom. The van der Waals surface area contributed by atoms with E-state index in [4.69, 9.17) is 0 Å². The molecule has 1 heteroatoms. The van der Waals surface area contributed by atoms with Crippen molar-refractivity contribution >= 4 is 0 Å². The molecule has 3 rings (SSSR count). The molecular weight excluding hydrogens is 367 g/mol. The second kappa shape index (κ2) is 13.9. The first-order valence-corrected chi connectivity index (χ1v) is 14.0. The maximum atomic E-state index is 12.3. The van der Waals surface area contributed by atoms with Gasteiger partial charge < -0.3 is 0 Å². The fourth-order valence-electron chi connectivity index (χ4n) is 7.23. The topological polar surface area (TPSA) is 0 Å². The third kappa shape index (κ3) is 7.98. The predicted octanol–water partition coefficient (Wildman–Crippen LogP) is 9.68. The van der Waals surface area contributed by atoms with Crippen LogP contribution in [0.3, 0.4) is 0 Å². The molecule has 0 unspecified atom stereocenters. The maximum Gasteiger partial charge on any atom is 0.0928 e. The van der Waals surface area contributed by atoms with E-state index in [0.29, 0.717) is 6.42 Å². The summed E-state index contributed by atoms with van der Waals surface area (Å²) in [5, 5.41) is 0. The minimum atomic E-state index is -0.199. The van der Waals surface area contributed by atoms with Gasteiger partial charge in [-0.15, -0.1) is 0 Å². The Kier molecular flexibility index (Phi) is 11.3. The lowest BCUT2D eigenvalue weighted by atomic mass is 9.65. The molecule has 3 saturated carbocycles. The summed E-state index contributed by atoms with van der Waals surface area (Å²) in [6.07, 6.45) is 31.7. The highest BCUT2D eigenvalue weighted by atomic mass is 19.1. The molecule has 0 amide bonds. The Balaban J connectivity index is 1.27. The Labute approximate surface area is 187 Å². The van der Waals surface area contributed by atoms with Crippen molar-refractivity contribution in [2.75, 3.05) is 6.67 Å². The molecule has 0 aromatic carbocycles. The molecule has 0 spiro atoms. The van der Waals surface area contributed by atoms with Crippen LogP contribution in [0.1, 0.15) is 129 Å². The van der Waals surface area contributed by atoms with Crippen LogP contribution < -0.4 is 0 Å². The molecule has 0 aromatic rings. The minimum absolute atomic E-state index is 0.199. The van der Waals surface area contributed by atoms with Gasteiger partial charge in [0, 0.05) is 0 Å². The second-order valence-corrected chi connectivity index (χ2v) is 11.2. The highest BCUT2D eigenvalue weighted by molar-refractivity contribution is 4.93. The van der Waals surface area contributed by atoms with Gasteiger partial charge in [-0.25, -0.2) is 0 Å². The second-order valence-electron chi connectivity index (χ2n) is 11.2. The fraction of sp³-hybridized carbons (Fsp3) is 0.931. The predicted molar refractivity (Wildman–Crippen MR) is 129 cm³/mol. The molecule has 0 radical (unpaired) electrons. The zero-order chi connectivity index (χ0) is 21.0. The number of rotatable bonds is 11. The van der Waals surface area contributed by atoms with Gasteiger partial charge in [0.25, 0.3) is 0 Å². The molecule has 0 bridgehead atoms. The summed E-state index contributed by atoms with van der Waals surface area (Å²) >= 11 is 0. The highest BCUT2D eigenvalue weighted by Gasteiger charge is 2.34. The standard InChI is InChI=1S/C29H51F/c1-2-3-4-5-6-9-24-11-15-26(16-12-24)28-19-21-29(22-20-28)27-17-13-25(14-18-27)10-7-8-23-30/h7,10,24-29H,2-6,8-9,11-23H2,1H3/b10-7+. The molecule has 3 aliphatic carbocycles. The zero-order valence-corrected chi connectivity index (χ0v) is 20.1. The van der Waals surface area contributed by atoms with E-state index in [1.54, 1.807) is 12.8 Å².